The highest BCUT2D eigenvalue weighted by Crippen LogP contribution is 2.40. The molecule has 1 heterocycles. The summed E-state index contributed by atoms with van der Waals surface area (Å²) in [6.07, 6.45) is -0.520. The molecule has 0 aliphatic carbocycles. The molecular weight excluding hydrogens is 428 g/mol. The molecule has 0 fully saturated rings. The van der Waals surface area contributed by atoms with Crippen molar-refractivity contribution in [2.45, 2.75) is 39.8 Å². The Labute approximate surface area is 192 Å². The van der Waals surface area contributed by atoms with Gasteiger partial charge in [-0.25, -0.2) is 0 Å². The summed E-state index contributed by atoms with van der Waals surface area (Å²) in [5.41, 5.74) is -0.00270. The van der Waals surface area contributed by atoms with Crippen molar-refractivity contribution in [2.75, 3.05) is 24.7 Å². The van der Waals surface area contributed by atoms with Gasteiger partial charge < -0.3 is 19.1 Å². The summed E-state index contributed by atoms with van der Waals surface area (Å²) in [6, 6.07) is 14.1. The van der Waals surface area contributed by atoms with Crippen LogP contribution in [0.5, 0.6) is 5.75 Å². The average Bonchev–Trinajstić information content (AvgIpc) is 2.79. The molecule has 2 aromatic rings. The first-order valence-corrected chi connectivity index (χ1v) is 10.9. The topological polar surface area (TPSA) is 108 Å². The molecule has 2 aromatic carbocycles. The van der Waals surface area contributed by atoms with Crippen LogP contribution in [0.25, 0.3) is 0 Å². The van der Waals surface area contributed by atoms with Crippen LogP contribution < -0.4 is 9.64 Å². The quantitative estimate of drug-likeness (QED) is 0.242. The Morgan fingerprint density at radius 1 is 1.12 bits per heavy atom. The largest absolute Gasteiger partial charge is 0.486 e. The number of nitro groups is 1. The third-order valence-electron chi connectivity index (χ3n) is 5.52. The molecule has 0 bridgehead atoms. The number of nitrogens with zero attached hydrogens (tertiary/aromatic N) is 2. The maximum atomic E-state index is 12.7. The molecule has 176 valence electrons. The lowest BCUT2D eigenvalue weighted by Crippen LogP contribution is -2.48. The molecule has 1 atom stereocenters. The Bertz CT molecular complexity index is 991. The second-order valence-electron chi connectivity index (χ2n) is 7.99. The predicted molar refractivity (Wildman–Crippen MR) is 121 cm³/mol. The van der Waals surface area contributed by atoms with Crippen molar-refractivity contribution in [3.8, 4) is 5.75 Å². The molecule has 9 heteroatoms. The maximum Gasteiger partial charge on any atom is 0.323 e. The SMILES string of the molecule is CCOC(=O)C(C)(CC1CN(Cc2ccccc2)c2cc([N+](=O)[O-])ccc2O1)C(=O)OCC. The van der Waals surface area contributed by atoms with Gasteiger partial charge in [0, 0.05) is 25.1 Å². The molecule has 33 heavy (non-hydrogen) atoms. The fourth-order valence-electron chi connectivity index (χ4n) is 3.87. The van der Waals surface area contributed by atoms with E-state index < -0.39 is 28.4 Å². The molecule has 1 unspecified atom stereocenters. The fraction of sp³-hybridized carbons (Fsp3) is 0.417. The summed E-state index contributed by atoms with van der Waals surface area (Å²) in [5.74, 6) is -0.893. The van der Waals surface area contributed by atoms with Gasteiger partial charge >= 0.3 is 11.9 Å². The van der Waals surface area contributed by atoms with E-state index in [2.05, 4.69) is 0 Å². The van der Waals surface area contributed by atoms with Gasteiger partial charge in [0.05, 0.1) is 30.4 Å². The Morgan fingerprint density at radius 3 is 2.33 bits per heavy atom. The van der Waals surface area contributed by atoms with Gasteiger partial charge in [-0.3, -0.25) is 19.7 Å². The standard InChI is InChI=1S/C24H28N2O7/c1-4-31-22(27)24(3,23(28)32-5-2)14-19-16-25(15-17-9-7-6-8-10-17)20-13-18(26(29)30)11-12-21(20)33-19/h6-13,19H,4-5,14-16H2,1-3H3. The molecule has 1 aliphatic heterocycles. The molecular formula is C24H28N2O7. The summed E-state index contributed by atoms with van der Waals surface area (Å²) in [6.45, 7) is 5.90. The number of rotatable bonds is 9. The predicted octanol–water partition coefficient (Wildman–Crippen LogP) is 3.89. The van der Waals surface area contributed by atoms with E-state index in [1.165, 1.54) is 19.1 Å². The molecule has 9 nitrogen and oxygen atoms in total. The number of non-ortho nitro benzene ring substituents is 1. The van der Waals surface area contributed by atoms with Gasteiger partial charge in [-0.2, -0.15) is 0 Å². The van der Waals surface area contributed by atoms with Crippen molar-refractivity contribution >= 4 is 23.3 Å². The van der Waals surface area contributed by atoms with Crippen LogP contribution in [0, 0.1) is 15.5 Å². The average molecular weight is 456 g/mol. The maximum absolute atomic E-state index is 12.7. The molecule has 0 spiro atoms. The number of esters is 2. The minimum absolute atomic E-state index is 0.0341. The van der Waals surface area contributed by atoms with Gasteiger partial charge in [-0.15, -0.1) is 0 Å². The minimum Gasteiger partial charge on any atom is -0.486 e. The zero-order valence-electron chi connectivity index (χ0n) is 19.0. The van der Waals surface area contributed by atoms with Gasteiger partial charge in [0.1, 0.15) is 11.9 Å². The third-order valence-corrected chi connectivity index (χ3v) is 5.52. The molecule has 0 radical (unpaired) electrons. The zero-order chi connectivity index (χ0) is 24.0. The molecule has 0 N–H and O–H groups in total. The second-order valence-corrected chi connectivity index (χ2v) is 7.99. The van der Waals surface area contributed by atoms with Crippen molar-refractivity contribution in [1.29, 1.82) is 0 Å². The van der Waals surface area contributed by atoms with Crippen LogP contribution in [0.3, 0.4) is 0 Å². The number of benzene rings is 2. The third kappa shape index (κ3) is 5.42. The monoisotopic (exact) mass is 456 g/mol. The van der Waals surface area contributed by atoms with Crippen molar-refractivity contribution < 1.29 is 28.7 Å². The molecule has 0 amide bonds. The zero-order valence-corrected chi connectivity index (χ0v) is 19.0. The highest BCUT2D eigenvalue weighted by molar-refractivity contribution is 5.99. The van der Waals surface area contributed by atoms with Crippen LogP contribution in [-0.2, 0) is 25.6 Å². The number of hydrogen-bond acceptors (Lipinski definition) is 8. The van der Waals surface area contributed by atoms with Crippen molar-refractivity contribution in [2.24, 2.45) is 5.41 Å². The van der Waals surface area contributed by atoms with Crippen molar-refractivity contribution in [1.82, 2.24) is 0 Å². The highest BCUT2D eigenvalue weighted by Gasteiger charge is 2.47. The molecule has 0 saturated heterocycles. The van der Waals surface area contributed by atoms with Crippen LogP contribution in [0.1, 0.15) is 32.8 Å². The lowest BCUT2D eigenvalue weighted by molar-refractivity contribution is -0.384. The molecule has 0 saturated carbocycles. The van der Waals surface area contributed by atoms with E-state index in [9.17, 15) is 19.7 Å². The van der Waals surface area contributed by atoms with E-state index in [0.29, 0.717) is 24.5 Å². The smallest absolute Gasteiger partial charge is 0.323 e. The van der Waals surface area contributed by atoms with E-state index in [1.807, 2.05) is 35.2 Å². The van der Waals surface area contributed by atoms with Crippen LogP contribution in [0.2, 0.25) is 0 Å². The Balaban J connectivity index is 1.94. The number of nitro benzene ring substituents is 1. The summed E-state index contributed by atoms with van der Waals surface area (Å²) in [7, 11) is 0. The number of anilines is 1. The van der Waals surface area contributed by atoms with Crippen LogP contribution >= 0.6 is 0 Å². The summed E-state index contributed by atoms with van der Waals surface area (Å²) in [4.78, 5) is 38.3. The van der Waals surface area contributed by atoms with Gasteiger partial charge in [0.2, 0.25) is 0 Å². The van der Waals surface area contributed by atoms with E-state index in [-0.39, 0.29) is 25.3 Å². The molecule has 3 rings (SSSR count). The lowest BCUT2D eigenvalue weighted by atomic mass is 9.83. The van der Waals surface area contributed by atoms with Gasteiger partial charge in [0.25, 0.3) is 5.69 Å². The highest BCUT2D eigenvalue weighted by atomic mass is 16.6. The lowest BCUT2D eigenvalue weighted by Gasteiger charge is -2.38. The van der Waals surface area contributed by atoms with Gasteiger partial charge in [-0.1, -0.05) is 30.3 Å². The summed E-state index contributed by atoms with van der Waals surface area (Å²) >= 11 is 0. The van der Waals surface area contributed by atoms with E-state index >= 15 is 0 Å². The first-order valence-electron chi connectivity index (χ1n) is 10.9. The molecule has 1 aliphatic rings. The van der Waals surface area contributed by atoms with Gasteiger partial charge in [-0.05, 0) is 32.4 Å². The first kappa shape index (κ1) is 24.0. The number of ether oxygens (including phenoxy) is 3. The Kier molecular flexibility index (Phi) is 7.52. The van der Waals surface area contributed by atoms with E-state index in [1.54, 1.807) is 19.9 Å². The van der Waals surface area contributed by atoms with Crippen LogP contribution in [0.15, 0.2) is 48.5 Å². The van der Waals surface area contributed by atoms with E-state index in [0.717, 1.165) is 5.56 Å². The van der Waals surface area contributed by atoms with Crippen molar-refractivity contribution in [3.05, 3.63) is 64.2 Å². The first-order chi connectivity index (χ1) is 15.8. The van der Waals surface area contributed by atoms with Crippen LogP contribution in [-0.4, -0.2) is 42.7 Å². The minimum atomic E-state index is -1.55. The van der Waals surface area contributed by atoms with E-state index in [4.69, 9.17) is 14.2 Å². The molecule has 0 aromatic heterocycles. The number of carbonyl (C=O) groups is 2. The van der Waals surface area contributed by atoms with Crippen LogP contribution in [0.4, 0.5) is 11.4 Å². The fourth-order valence-corrected chi connectivity index (χ4v) is 3.87. The summed E-state index contributed by atoms with van der Waals surface area (Å²) < 4.78 is 16.4. The van der Waals surface area contributed by atoms with Crippen molar-refractivity contribution in [3.63, 3.8) is 0 Å². The normalized spacial score (nSPS) is 15.2. The summed E-state index contributed by atoms with van der Waals surface area (Å²) in [5, 5.41) is 11.3. The number of carbonyl (C=O) groups excluding carboxylic acids is 2. The Morgan fingerprint density at radius 2 is 1.76 bits per heavy atom. The second kappa shape index (κ2) is 10.3. The Hall–Kier alpha value is -3.62. The van der Waals surface area contributed by atoms with Gasteiger partial charge in [0.15, 0.2) is 5.41 Å². The number of hydrogen-bond donors (Lipinski definition) is 0. The number of fused-ring (bicyclic) bond motifs is 1.